The molecule has 0 saturated carbocycles. The van der Waals surface area contributed by atoms with Crippen LogP contribution in [0.5, 0.6) is 0 Å². The Morgan fingerprint density at radius 2 is 1.79 bits per heavy atom. The summed E-state index contributed by atoms with van der Waals surface area (Å²) in [4.78, 5) is 25.5. The van der Waals surface area contributed by atoms with Crippen LogP contribution in [0.2, 0.25) is 0 Å². The molecule has 0 radical (unpaired) electrons. The van der Waals surface area contributed by atoms with Crippen LogP contribution >= 0.6 is 0 Å². The zero-order chi connectivity index (χ0) is 20.3. The number of carbonyl (C=O) groups is 1. The molecule has 1 amide bonds. The molecule has 0 unspecified atom stereocenters. The number of aromatic nitrogens is 4. The third-order valence-corrected chi connectivity index (χ3v) is 4.81. The van der Waals surface area contributed by atoms with Crippen molar-refractivity contribution in [2.24, 2.45) is 0 Å². The van der Waals surface area contributed by atoms with Gasteiger partial charge in [0.2, 0.25) is 0 Å². The van der Waals surface area contributed by atoms with Crippen LogP contribution in [0.4, 0.5) is 5.82 Å². The van der Waals surface area contributed by atoms with Gasteiger partial charge in [0.1, 0.15) is 23.8 Å². The Hall–Kier alpha value is -3.22. The Morgan fingerprint density at radius 3 is 2.46 bits per heavy atom. The van der Waals surface area contributed by atoms with Crippen molar-refractivity contribution in [1.29, 1.82) is 0 Å². The molecule has 0 aliphatic rings. The van der Waals surface area contributed by atoms with Gasteiger partial charge in [0.15, 0.2) is 0 Å². The van der Waals surface area contributed by atoms with E-state index in [1.807, 2.05) is 63.5 Å². The standard InChI is InChI=1S/C21H26N6O/c1-13-6-7-18(10-14(13)2)21(28)23-9-8-22-19-11-20(26-17(5)25-19)27-12-24-15(3)16(27)4/h6-7,10-12H,8-9H2,1-5H3,(H,23,28)(H,22,25,26). The zero-order valence-electron chi connectivity index (χ0n) is 17.0. The quantitative estimate of drug-likeness (QED) is 0.644. The summed E-state index contributed by atoms with van der Waals surface area (Å²) in [5, 5.41) is 6.18. The van der Waals surface area contributed by atoms with Crippen LogP contribution in [0, 0.1) is 34.6 Å². The summed E-state index contributed by atoms with van der Waals surface area (Å²) in [6.45, 7) is 10.9. The maximum atomic E-state index is 12.3. The number of aryl methyl sites for hydroxylation is 4. The van der Waals surface area contributed by atoms with Gasteiger partial charge in [-0.05, 0) is 57.9 Å². The summed E-state index contributed by atoms with van der Waals surface area (Å²) < 4.78 is 1.94. The Labute approximate surface area is 165 Å². The molecule has 3 aromatic rings. The number of benzene rings is 1. The van der Waals surface area contributed by atoms with E-state index in [0.29, 0.717) is 30.3 Å². The Morgan fingerprint density at radius 1 is 1.00 bits per heavy atom. The maximum absolute atomic E-state index is 12.3. The van der Waals surface area contributed by atoms with E-state index in [1.54, 1.807) is 6.33 Å². The highest BCUT2D eigenvalue weighted by atomic mass is 16.1. The predicted molar refractivity (Wildman–Crippen MR) is 110 cm³/mol. The number of rotatable bonds is 6. The average Bonchev–Trinajstić information content (AvgIpc) is 2.99. The summed E-state index contributed by atoms with van der Waals surface area (Å²) in [7, 11) is 0. The van der Waals surface area contributed by atoms with Crippen molar-refractivity contribution < 1.29 is 4.79 Å². The minimum Gasteiger partial charge on any atom is -0.368 e. The van der Waals surface area contributed by atoms with Crippen molar-refractivity contribution in [3.63, 3.8) is 0 Å². The summed E-state index contributed by atoms with van der Waals surface area (Å²) in [6.07, 6.45) is 1.76. The minimum atomic E-state index is -0.0750. The molecule has 2 heterocycles. The van der Waals surface area contributed by atoms with Crippen LogP contribution in [0.15, 0.2) is 30.6 Å². The molecular weight excluding hydrogens is 352 g/mol. The first-order chi connectivity index (χ1) is 13.3. The monoisotopic (exact) mass is 378 g/mol. The van der Waals surface area contributed by atoms with Gasteiger partial charge in [-0.3, -0.25) is 9.36 Å². The van der Waals surface area contributed by atoms with Gasteiger partial charge in [0, 0.05) is 30.4 Å². The highest BCUT2D eigenvalue weighted by Crippen LogP contribution is 2.15. The van der Waals surface area contributed by atoms with E-state index in [-0.39, 0.29) is 5.91 Å². The molecule has 0 aliphatic carbocycles. The second kappa shape index (κ2) is 8.21. The molecule has 146 valence electrons. The van der Waals surface area contributed by atoms with Crippen LogP contribution in [0.25, 0.3) is 5.82 Å². The van der Waals surface area contributed by atoms with Crippen LogP contribution < -0.4 is 10.6 Å². The smallest absolute Gasteiger partial charge is 0.251 e. The average molecular weight is 378 g/mol. The first kappa shape index (κ1) is 19.5. The van der Waals surface area contributed by atoms with Crippen molar-refractivity contribution in [2.75, 3.05) is 18.4 Å². The second-order valence-corrected chi connectivity index (χ2v) is 6.93. The van der Waals surface area contributed by atoms with E-state index in [1.165, 1.54) is 5.56 Å². The van der Waals surface area contributed by atoms with Crippen LogP contribution in [0.3, 0.4) is 0 Å². The Bertz CT molecular complexity index is 1010. The molecule has 0 aliphatic heterocycles. The third-order valence-electron chi connectivity index (χ3n) is 4.81. The number of anilines is 1. The van der Waals surface area contributed by atoms with Crippen LogP contribution in [-0.4, -0.2) is 38.5 Å². The normalized spacial score (nSPS) is 10.8. The molecule has 0 atom stereocenters. The Kier molecular flexibility index (Phi) is 5.73. The van der Waals surface area contributed by atoms with E-state index in [0.717, 1.165) is 22.8 Å². The number of amides is 1. The van der Waals surface area contributed by atoms with E-state index < -0.39 is 0 Å². The Balaban J connectivity index is 1.59. The number of imidazole rings is 1. The van der Waals surface area contributed by atoms with E-state index in [9.17, 15) is 4.79 Å². The fraction of sp³-hybridized carbons (Fsp3) is 0.333. The molecule has 2 aromatic heterocycles. The summed E-state index contributed by atoms with van der Waals surface area (Å²) in [6, 6.07) is 7.61. The fourth-order valence-electron chi connectivity index (χ4n) is 2.85. The number of hydrogen-bond donors (Lipinski definition) is 2. The number of hydrogen-bond acceptors (Lipinski definition) is 5. The number of nitrogens with zero attached hydrogens (tertiary/aromatic N) is 4. The summed E-state index contributed by atoms with van der Waals surface area (Å²) in [5.41, 5.74) is 4.98. The molecule has 1 aromatic carbocycles. The van der Waals surface area contributed by atoms with Gasteiger partial charge in [-0.25, -0.2) is 15.0 Å². The van der Waals surface area contributed by atoms with Gasteiger partial charge in [0.25, 0.3) is 5.91 Å². The summed E-state index contributed by atoms with van der Waals surface area (Å²) in [5.74, 6) is 2.08. The topological polar surface area (TPSA) is 84.7 Å². The molecule has 0 bridgehead atoms. The van der Waals surface area contributed by atoms with Crippen molar-refractivity contribution in [2.45, 2.75) is 34.6 Å². The lowest BCUT2D eigenvalue weighted by molar-refractivity contribution is 0.0955. The van der Waals surface area contributed by atoms with Crippen molar-refractivity contribution in [1.82, 2.24) is 24.8 Å². The van der Waals surface area contributed by atoms with Gasteiger partial charge in [0.05, 0.1) is 5.69 Å². The fourth-order valence-corrected chi connectivity index (χ4v) is 2.85. The van der Waals surface area contributed by atoms with Crippen LogP contribution in [-0.2, 0) is 0 Å². The third kappa shape index (κ3) is 4.36. The van der Waals surface area contributed by atoms with Gasteiger partial charge < -0.3 is 10.6 Å². The number of carbonyl (C=O) groups excluding carboxylic acids is 1. The lowest BCUT2D eigenvalue weighted by Gasteiger charge is -2.11. The lowest BCUT2D eigenvalue weighted by Crippen LogP contribution is -2.29. The minimum absolute atomic E-state index is 0.0750. The molecule has 0 saturated heterocycles. The van der Waals surface area contributed by atoms with E-state index in [4.69, 9.17) is 0 Å². The molecule has 7 heteroatoms. The lowest BCUT2D eigenvalue weighted by atomic mass is 10.1. The van der Waals surface area contributed by atoms with Gasteiger partial charge in [-0.1, -0.05) is 6.07 Å². The molecule has 2 N–H and O–H groups in total. The van der Waals surface area contributed by atoms with E-state index in [2.05, 4.69) is 25.6 Å². The second-order valence-electron chi connectivity index (χ2n) is 6.93. The molecule has 0 spiro atoms. The van der Waals surface area contributed by atoms with Gasteiger partial charge >= 0.3 is 0 Å². The molecule has 7 nitrogen and oxygen atoms in total. The molecule has 28 heavy (non-hydrogen) atoms. The van der Waals surface area contributed by atoms with Gasteiger partial charge in [-0.2, -0.15) is 0 Å². The molecule has 0 fully saturated rings. The van der Waals surface area contributed by atoms with Crippen molar-refractivity contribution in [3.05, 3.63) is 64.5 Å². The SMILES string of the molecule is Cc1nc(NCCNC(=O)c2ccc(C)c(C)c2)cc(-n2cnc(C)c2C)n1. The highest BCUT2D eigenvalue weighted by Gasteiger charge is 2.09. The maximum Gasteiger partial charge on any atom is 0.251 e. The first-order valence-corrected chi connectivity index (χ1v) is 9.31. The predicted octanol–water partition coefficient (Wildman–Crippen LogP) is 3.05. The first-order valence-electron chi connectivity index (χ1n) is 9.31. The zero-order valence-corrected chi connectivity index (χ0v) is 17.0. The molecular formula is C21H26N6O. The number of nitrogens with one attached hydrogen (secondary N) is 2. The largest absolute Gasteiger partial charge is 0.368 e. The van der Waals surface area contributed by atoms with Crippen molar-refractivity contribution >= 4 is 11.7 Å². The van der Waals surface area contributed by atoms with Gasteiger partial charge in [-0.15, -0.1) is 0 Å². The van der Waals surface area contributed by atoms with E-state index >= 15 is 0 Å². The van der Waals surface area contributed by atoms with Crippen LogP contribution in [0.1, 0.15) is 38.7 Å². The summed E-state index contributed by atoms with van der Waals surface area (Å²) >= 11 is 0. The molecule has 3 rings (SSSR count). The highest BCUT2D eigenvalue weighted by molar-refractivity contribution is 5.94. The van der Waals surface area contributed by atoms with Crippen molar-refractivity contribution in [3.8, 4) is 5.82 Å².